The van der Waals surface area contributed by atoms with Gasteiger partial charge in [0.25, 0.3) is 0 Å². The number of phenolic OH excluding ortho intramolecular Hbond substituents is 1. The average Bonchev–Trinajstić information content (AvgIpc) is 2.73. The van der Waals surface area contributed by atoms with Crippen LogP contribution in [-0.2, 0) is 20.9 Å². The number of ether oxygens (including phenoxy) is 1. The predicted octanol–water partition coefficient (Wildman–Crippen LogP) is 4.29. The second-order valence-corrected chi connectivity index (χ2v) is 10.4. The standard InChI is InChI=1S/C27H37N3O5/c1-18(29-25(34)35-27(5,6)7)24(33)30(26(2,3)4)22(20-14-11-15-21(31)16-20)23(32)28-17-19-12-9-8-10-13-19/h8-16,18,22,31H,17H2,1-7H3,(H,28,32)(H,29,34). The summed E-state index contributed by atoms with van der Waals surface area (Å²) in [6.07, 6.45) is -0.727. The van der Waals surface area contributed by atoms with Gasteiger partial charge in [0.15, 0.2) is 0 Å². The van der Waals surface area contributed by atoms with Crippen molar-refractivity contribution in [2.75, 3.05) is 0 Å². The van der Waals surface area contributed by atoms with Crippen LogP contribution in [0.5, 0.6) is 5.75 Å². The van der Waals surface area contributed by atoms with E-state index in [-0.39, 0.29) is 12.3 Å². The van der Waals surface area contributed by atoms with Gasteiger partial charge in [0, 0.05) is 12.1 Å². The van der Waals surface area contributed by atoms with Gasteiger partial charge in [-0.25, -0.2) is 4.79 Å². The second kappa shape index (κ2) is 11.3. The molecule has 8 nitrogen and oxygen atoms in total. The first-order valence-corrected chi connectivity index (χ1v) is 11.6. The number of amides is 3. The van der Waals surface area contributed by atoms with E-state index >= 15 is 0 Å². The van der Waals surface area contributed by atoms with Crippen molar-refractivity contribution in [1.29, 1.82) is 0 Å². The van der Waals surface area contributed by atoms with Gasteiger partial charge >= 0.3 is 6.09 Å². The smallest absolute Gasteiger partial charge is 0.408 e. The average molecular weight is 484 g/mol. The summed E-state index contributed by atoms with van der Waals surface area (Å²) in [5.74, 6) is -0.900. The quantitative estimate of drug-likeness (QED) is 0.545. The molecule has 0 aliphatic heterocycles. The number of hydrogen-bond donors (Lipinski definition) is 3. The molecule has 2 aromatic rings. The molecule has 0 aliphatic carbocycles. The van der Waals surface area contributed by atoms with Crippen molar-refractivity contribution in [3.8, 4) is 5.75 Å². The van der Waals surface area contributed by atoms with Crippen LogP contribution in [0.15, 0.2) is 54.6 Å². The van der Waals surface area contributed by atoms with Gasteiger partial charge in [0.05, 0.1) is 0 Å². The summed E-state index contributed by atoms with van der Waals surface area (Å²) < 4.78 is 5.29. The monoisotopic (exact) mass is 483 g/mol. The summed E-state index contributed by atoms with van der Waals surface area (Å²) in [4.78, 5) is 41.0. The summed E-state index contributed by atoms with van der Waals surface area (Å²) in [6.45, 7) is 12.4. The Hall–Kier alpha value is -3.55. The third-order valence-electron chi connectivity index (χ3n) is 5.07. The van der Waals surface area contributed by atoms with Gasteiger partial charge in [-0.3, -0.25) is 9.59 Å². The molecule has 0 aliphatic rings. The summed E-state index contributed by atoms with van der Waals surface area (Å²) in [6, 6.07) is 13.7. The Morgan fingerprint density at radius 3 is 2.14 bits per heavy atom. The molecule has 2 unspecified atom stereocenters. The first-order chi connectivity index (χ1) is 16.2. The Morgan fingerprint density at radius 1 is 0.971 bits per heavy atom. The number of phenols is 1. The number of hydrogen-bond acceptors (Lipinski definition) is 5. The number of aromatic hydroxyl groups is 1. The zero-order valence-electron chi connectivity index (χ0n) is 21.6. The van der Waals surface area contributed by atoms with E-state index in [1.807, 2.05) is 51.1 Å². The first-order valence-electron chi connectivity index (χ1n) is 11.6. The molecule has 2 atom stereocenters. The van der Waals surface area contributed by atoms with E-state index in [9.17, 15) is 19.5 Å². The van der Waals surface area contributed by atoms with Crippen LogP contribution < -0.4 is 10.6 Å². The highest BCUT2D eigenvalue weighted by Crippen LogP contribution is 2.31. The van der Waals surface area contributed by atoms with Gasteiger partial charge in [-0.05, 0) is 71.7 Å². The maximum Gasteiger partial charge on any atom is 0.408 e. The summed E-state index contributed by atoms with van der Waals surface area (Å²) in [5, 5.41) is 15.6. The lowest BCUT2D eigenvalue weighted by atomic mass is 9.95. The normalized spacial score (nSPS) is 13.3. The molecule has 0 spiro atoms. The van der Waals surface area contributed by atoms with E-state index in [0.717, 1.165) is 5.56 Å². The topological polar surface area (TPSA) is 108 Å². The molecule has 0 fully saturated rings. The van der Waals surface area contributed by atoms with Crippen LogP contribution in [0.2, 0.25) is 0 Å². The van der Waals surface area contributed by atoms with Crippen LogP contribution in [0, 0.1) is 0 Å². The molecule has 2 rings (SSSR count). The maximum atomic E-state index is 13.7. The van der Waals surface area contributed by atoms with E-state index in [0.29, 0.717) is 5.56 Å². The van der Waals surface area contributed by atoms with E-state index in [1.54, 1.807) is 39.8 Å². The van der Waals surface area contributed by atoms with Crippen LogP contribution in [0.3, 0.4) is 0 Å². The fraction of sp³-hybridized carbons (Fsp3) is 0.444. The number of alkyl carbamates (subject to hydrolysis) is 1. The number of nitrogens with one attached hydrogen (secondary N) is 2. The molecule has 0 saturated heterocycles. The summed E-state index contributed by atoms with van der Waals surface area (Å²) >= 11 is 0. The molecular weight excluding hydrogens is 446 g/mol. The van der Waals surface area contributed by atoms with Crippen molar-refractivity contribution in [1.82, 2.24) is 15.5 Å². The third kappa shape index (κ3) is 8.31. The Labute approximate surface area is 207 Å². The van der Waals surface area contributed by atoms with Crippen molar-refractivity contribution in [3.63, 3.8) is 0 Å². The zero-order valence-corrected chi connectivity index (χ0v) is 21.6. The zero-order chi connectivity index (χ0) is 26.4. The number of carbonyl (C=O) groups excluding carboxylic acids is 3. The molecule has 0 bridgehead atoms. The van der Waals surface area contributed by atoms with Crippen molar-refractivity contribution >= 4 is 17.9 Å². The summed E-state index contributed by atoms with van der Waals surface area (Å²) in [5.41, 5.74) is -0.175. The lowest BCUT2D eigenvalue weighted by molar-refractivity contribution is -0.148. The van der Waals surface area contributed by atoms with Crippen molar-refractivity contribution in [2.24, 2.45) is 0 Å². The molecular formula is C27H37N3O5. The van der Waals surface area contributed by atoms with E-state index in [1.165, 1.54) is 17.0 Å². The molecule has 190 valence electrons. The van der Waals surface area contributed by atoms with Gasteiger partial charge in [0.1, 0.15) is 23.4 Å². The van der Waals surface area contributed by atoms with Crippen molar-refractivity contribution < 1.29 is 24.2 Å². The summed E-state index contributed by atoms with van der Waals surface area (Å²) in [7, 11) is 0. The second-order valence-electron chi connectivity index (χ2n) is 10.4. The van der Waals surface area contributed by atoms with E-state index in [2.05, 4.69) is 10.6 Å². The molecule has 35 heavy (non-hydrogen) atoms. The highest BCUT2D eigenvalue weighted by atomic mass is 16.6. The Morgan fingerprint density at radius 2 is 1.60 bits per heavy atom. The minimum absolute atomic E-state index is 0.0235. The maximum absolute atomic E-state index is 13.7. The Kier molecular flexibility index (Phi) is 8.90. The largest absolute Gasteiger partial charge is 0.508 e. The number of nitrogens with zero attached hydrogens (tertiary/aromatic N) is 1. The number of benzene rings is 2. The van der Waals surface area contributed by atoms with Gasteiger partial charge in [0.2, 0.25) is 11.8 Å². The minimum Gasteiger partial charge on any atom is -0.508 e. The fourth-order valence-corrected chi connectivity index (χ4v) is 3.59. The SMILES string of the molecule is CC(NC(=O)OC(C)(C)C)C(=O)N(C(C(=O)NCc1ccccc1)c1cccc(O)c1)C(C)(C)C. The first kappa shape index (κ1) is 27.7. The van der Waals surface area contributed by atoms with E-state index in [4.69, 9.17) is 4.74 Å². The van der Waals surface area contributed by atoms with Crippen LogP contribution in [-0.4, -0.2) is 45.1 Å². The molecule has 0 saturated carbocycles. The molecule has 0 heterocycles. The van der Waals surface area contributed by atoms with Crippen LogP contribution in [0.4, 0.5) is 4.79 Å². The number of rotatable bonds is 7. The Balaban J connectivity index is 2.40. The molecule has 2 aromatic carbocycles. The fourth-order valence-electron chi connectivity index (χ4n) is 3.59. The molecule has 3 N–H and O–H groups in total. The van der Waals surface area contributed by atoms with Crippen LogP contribution >= 0.6 is 0 Å². The predicted molar refractivity (Wildman–Crippen MR) is 135 cm³/mol. The van der Waals surface area contributed by atoms with Crippen molar-refractivity contribution in [3.05, 3.63) is 65.7 Å². The van der Waals surface area contributed by atoms with Crippen LogP contribution in [0.1, 0.15) is 65.6 Å². The Bertz CT molecular complexity index is 1030. The van der Waals surface area contributed by atoms with Crippen LogP contribution in [0.25, 0.3) is 0 Å². The number of carbonyl (C=O) groups is 3. The minimum atomic E-state index is -1.05. The molecule has 0 radical (unpaired) electrons. The van der Waals surface area contributed by atoms with Crippen molar-refractivity contribution in [2.45, 2.75) is 78.2 Å². The van der Waals surface area contributed by atoms with Gasteiger partial charge in [-0.1, -0.05) is 42.5 Å². The highest BCUT2D eigenvalue weighted by Gasteiger charge is 2.40. The van der Waals surface area contributed by atoms with E-state index < -0.39 is 41.1 Å². The highest BCUT2D eigenvalue weighted by molar-refractivity contribution is 5.92. The van der Waals surface area contributed by atoms with Gasteiger partial charge < -0.3 is 25.4 Å². The van der Waals surface area contributed by atoms with Gasteiger partial charge in [-0.2, -0.15) is 0 Å². The lowest BCUT2D eigenvalue weighted by Gasteiger charge is -2.42. The lowest BCUT2D eigenvalue weighted by Crippen LogP contribution is -2.57. The molecule has 8 heteroatoms. The molecule has 3 amide bonds. The third-order valence-corrected chi connectivity index (χ3v) is 5.07. The van der Waals surface area contributed by atoms with Gasteiger partial charge in [-0.15, -0.1) is 0 Å². The molecule has 0 aromatic heterocycles.